The van der Waals surface area contributed by atoms with E-state index in [4.69, 9.17) is 21.1 Å². The lowest BCUT2D eigenvalue weighted by molar-refractivity contribution is 0.0935. The number of rotatable bonds is 4. The van der Waals surface area contributed by atoms with Gasteiger partial charge in [-0.2, -0.15) is 0 Å². The molecule has 0 radical (unpaired) electrons. The van der Waals surface area contributed by atoms with Gasteiger partial charge >= 0.3 is 0 Å². The van der Waals surface area contributed by atoms with Crippen molar-refractivity contribution < 1.29 is 14.3 Å². The van der Waals surface area contributed by atoms with E-state index in [9.17, 15) is 4.79 Å². The lowest BCUT2D eigenvalue weighted by atomic mass is 10.1. The molecule has 1 aliphatic heterocycles. The van der Waals surface area contributed by atoms with Crippen LogP contribution in [-0.2, 0) is 0 Å². The normalized spacial score (nSPS) is 16.1. The quantitative estimate of drug-likeness (QED) is 0.900. The number of hydrogen-bond acceptors (Lipinski definition) is 5. The lowest BCUT2D eigenvalue weighted by Gasteiger charge is -2.27. The van der Waals surface area contributed by atoms with E-state index in [1.165, 1.54) is 7.11 Å². The Balaban J connectivity index is 1.98. The van der Waals surface area contributed by atoms with Crippen LogP contribution in [0.2, 0.25) is 5.02 Å². The molecule has 120 valence electrons. The number of carbonyl (C=O) groups excluding carboxylic acids is 1. The molecule has 7 heteroatoms. The SMILES string of the molecule is CCOc1cc([C@H]2NC(=O)c3cccnc3N2)cc(Cl)c1OC. The summed E-state index contributed by atoms with van der Waals surface area (Å²) in [7, 11) is 1.53. The maximum absolute atomic E-state index is 12.2. The molecule has 0 unspecified atom stereocenters. The summed E-state index contributed by atoms with van der Waals surface area (Å²) >= 11 is 6.27. The van der Waals surface area contributed by atoms with Crippen LogP contribution in [0.4, 0.5) is 5.82 Å². The molecule has 2 N–H and O–H groups in total. The second-order valence-electron chi connectivity index (χ2n) is 4.92. The first kappa shape index (κ1) is 15.4. The molecule has 1 atom stereocenters. The van der Waals surface area contributed by atoms with E-state index in [0.29, 0.717) is 34.5 Å². The van der Waals surface area contributed by atoms with Gasteiger partial charge < -0.3 is 20.1 Å². The third kappa shape index (κ3) is 2.90. The zero-order chi connectivity index (χ0) is 16.4. The van der Waals surface area contributed by atoms with Crippen LogP contribution in [0.1, 0.15) is 29.0 Å². The predicted octanol–water partition coefficient (Wildman–Crippen LogP) is 3.00. The van der Waals surface area contributed by atoms with Gasteiger partial charge in [-0.3, -0.25) is 4.79 Å². The second kappa shape index (κ2) is 6.34. The summed E-state index contributed by atoms with van der Waals surface area (Å²) in [5.74, 6) is 1.34. The number of carbonyl (C=O) groups is 1. The second-order valence-corrected chi connectivity index (χ2v) is 5.32. The molecule has 2 aromatic rings. The average Bonchev–Trinajstić information content (AvgIpc) is 2.55. The molecule has 1 aromatic carbocycles. The monoisotopic (exact) mass is 333 g/mol. The first-order valence-corrected chi connectivity index (χ1v) is 7.54. The Hall–Kier alpha value is -2.47. The van der Waals surface area contributed by atoms with Crippen LogP contribution in [0, 0.1) is 0 Å². The van der Waals surface area contributed by atoms with Crippen molar-refractivity contribution in [1.82, 2.24) is 10.3 Å². The number of nitrogens with zero attached hydrogens (tertiary/aromatic N) is 1. The smallest absolute Gasteiger partial charge is 0.256 e. The van der Waals surface area contributed by atoms with Crippen LogP contribution in [0.3, 0.4) is 0 Å². The Morgan fingerprint density at radius 2 is 2.17 bits per heavy atom. The Morgan fingerprint density at radius 3 is 2.91 bits per heavy atom. The number of ether oxygens (including phenoxy) is 2. The van der Waals surface area contributed by atoms with Crippen molar-refractivity contribution in [3.8, 4) is 11.5 Å². The van der Waals surface area contributed by atoms with Gasteiger partial charge in [-0.15, -0.1) is 0 Å². The first-order chi connectivity index (χ1) is 11.1. The summed E-state index contributed by atoms with van der Waals surface area (Å²) in [6.45, 7) is 2.35. The minimum atomic E-state index is -0.451. The van der Waals surface area contributed by atoms with Crippen molar-refractivity contribution in [2.45, 2.75) is 13.1 Å². The third-order valence-corrected chi connectivity index (χ3v) is 3.76. The highest BCUT2D eigenvalue weighted by molar-refractivity contribution is 6.32. The number of amides is 1. The summed E-state index contributed by atoms with van der Waals surface area (Å²) < 4.78 is 10.8. The molecule has 0 aliphatic carbocycles. The fourth-order valence-corrected chi connectivity index (χ4v) is 2.76. The Kier molecular flexibility index (Phi) is 4.25. The summed E-state index contributed by atoms with van der Waals surface area (Å²) in [6, 6.07) is 6.96. The number of aromatic nitrogens is 1. The molecule has 1 aromatic heterocycles. The van der Waals surface area contributed by atoms with E-state index < -0.39 is 6.17 Å². The van der Waals surface area contributed by atoms with Gasteiger partial charge in [-0.25, -0.2) is 4.98 Å². The zero-order valence-corrected chi connectivity index (χ0v) is 13.5. The molecular formula is C16H16ClN3O3. The minimum absolute atomic E-state index is 0.193. The molecule has 1 aliphatic rings. The predicted molar refractivity (Wildman–Crippen MR) is 87.2 cm³/mol. The van der Waals surface area contributed by atoms with E-state index in [1.54, 1.807) is 30.5 Å². The van der Waals surface area contributed by atoms with E-state index in [0.717, 1.165) is 5.56 Å². The average molecular weight is 334 g/mol. The number of benzene rings is 1. The number of nitrogens with one attached hydrogen (secondary N) is 2. The Labute approximate surface area is 138 Å². The topological polar surface area (TPSA) is 72.5 Å². The van der Waals surface area contributed by atoms with Crippen LogP contribution < -0.4 is 20.1 Å². The molecule has 2 heterocycles. The van der Waals surface area contributed by atoms with Crippen molar-refractivity contribution in [1.29, 1.82) is 0 Å². The van der Waals surface area contributed by atoms with Crippen LogP contribution in [0.15, 0.2) is 30.5 Å². The molecule has 1 amide bonds. The highest BCUT2D eigenvalue weighted by Crippen LogP contribution is 2.38. The summed E-state index contributed by atoms with van der Waals surface area (Å²) in [4.78, 5) is 16.4. The molecule has 0 spiro atoms. The number of pyridine rings is 1. The van der Waals surface area contributed by atoms with Crippen molar-refractivity contribution in [3.05, 3.63) is 46.6 Å². The number of methoxy groups -OCH3 is 1. The summed E-state index contributed by atoms with van der Waals surface area (Å²) in [5.41, 5.74) is 1.26. The first-order valence-electron chi connectivity index (χ1n) is 7.16. The van der Waals surface area contributed by atoms with E-state index in [2.05, 4.69) is 15.6 Å². The number of fused-ring (bicyclic) bond motifs is 1. The van der Waals surface area contributed by atoms with E-state index >= 15 is 0 Å². The fourth-order valence-electron chi connectivity index (χ4n) is 2.47. The fraction of sp³-hybridized carbons (Fsp3) is 0.250. The molecular weight excluding hydrogens is 318 g/mol. The molecule has 0 bridgehead atoms. The Bertz CT molecular complexity index is 751. The van der Waals surface area contributed by atoms with Crippen LogP contribution >= 0.6 is 11.6 Å². The van der Waals surface area contributed by atoms with Gasteiger partial charge in [0.15, 0.2) is 11.5 Å². The minimum Gasteiger partial charge on any atom is -0.491 e. The van der Waals surface area contributed by atoms with Crippen molar-refractivity contribution >= 4 is 23.3 Å². The summed E-state index contributed by atoms with van der Waals surface area (Å²) in [5, 5.41) is 6.47. The molecule has 0 fully saturated rings. The highest BCUT2D eigenvalue weighted by Gasteiger charge is 2.26. The van der Waals surface area contributed by atoms with Gasteiger partial charge in [0.1, 0.15) is 12.0 Å². The van der Waals surface area contributed by atoms with E-state index in [1.807, 2.05) is 6.92 Å². The van der Waals surface area contributed by atoms with Crippen molar-refractivity contribution in [3.63, 3.8) is 0 Å². The zero-order valence-electron chi connectivity index (χ0n) is 12.7. The number of halogens is 1. The van der Waals surface area contributed by atoms with Gasteiger partial charge in [0.2, 0.25) is 0 Å². The standard InChI is InChI=1S/C16H16ClN3O3/c1-3-23-12-8-9(7-11(17)13(12)22-2)14-19-15-10(16(21)20-14)5-4-6-18-15/h4-8,14H,3H2,1-2H3,(H,18,19)(H,20,21)/t14-/m1/s1. The molecule has 0 saturated carbocycles. The summed E-state index contributed by atoms with van der Waals surface area (Å²) in [6.07, 6.45) is 1.18. The van der Waals surface area contributed by atoms with Gasteiger partial charge in [-0.1, -0.05) is 11.6 Å². The van der Waals surface area contributed by atoms with Crippen molar-refractivity contribution in [2.24, 2.45) is 0 Å². The highest BCUT2D eigenvalue weighted by atomic mass is 35.5. The third-order valence-electron chi connectivity index (χ3n) is 3.48. The van der Waals surface area contributed by atoms with Crippen LogP contribution in [-0.4, -0.2) is 24.6 Å². The maximum Gasteiger partial charge on any atom is 0.256 e. The van der Waals surface area contributed by atoms with Gasteiger partial charge in [0.25, 0.3) is 5.91 Å². The van der Waals surface area contributed by atoms with Crippen LogP contribution in [0.5, 0.6) is 11.5 Å². The number of hydrogen-bond donors (Lipinski definition) is 2. The largest absolute Gasteiger partial charge is 0.491 e. The lowest BCUT2D eigenvalue weighted by Crippen LogP contribution is -2.38. The van der Waals surface area contributed by atoms with Gasteiger partial charge in [-0.05, 0) is 36.8 Å². The van der Waals surface area contributed by atoms with Gasteiger partial charge in [0.05, 0.1) is 24.3 Å². The van der Waals surface area contributed by atoms with Gasteiger partial charge in [0, 0.05) is 6.20 Å². The van der Waals surface area contributed by atoms with Crippen molar-refractivity contribution in [2.75, 3.05) is 19.0 Å². The molecule has 3 rings (SSSR count). The molecule has 6 nitrogen and oxygen atoms in total. The Morgan fingerprint density at radius 1 is 1.35 bits per heavy atom. The number of anilines is 1. The molecule has 0 saturated heterocycles. The van der Waals surface area contributed by atoms with Crippen LogP contribution in [0.25, 0.3) is 0 Å². The van der Waals surface area contributed by atoms with E-state index in [-0.39, 0.29) is 5.91 Å². The molecule has 23 heavy (non-hydrogen) atoms. The maximum atomic E-state index is 12.2.